The molecule has 116 valence electrons. The van der Waals surface area contributed by atoms with Crippen molar-refractivity contribution in [1.29, 1.82) is 0 Å². The number of rotatable bonds is 12. The second-order valence-electron chi connectivity index (χ2n) is 5.60. The molecule has 1 atom stereocenters. The van der Waals surface area contributed by atoms with Crippen molar-refractivity contribution < 1.29 is 0 Å². The number of nitrogens with zero attached hydrogens (tertiary/aromatic N) is 1. The van der Waals surface area contributed by atoms with Crippen LogP contribution in [0, 0.1) is 0 Å². The molecule has 0 saturated carbocycles. The third-order valence-corrected chi connectivity index (χ3v) is 3.84. The molecule has 3 heteroatoms. The van der Waals surface area contributed by atoms with Crippen molar-refractivity contribution in [2.24, 2.45) is 5.73 Å². The predicted octanol–water partition coefficient (Wildman–Crippen LogP) is 3.73. The van der Waals surface area contributed by atoms with Gasteiger partial charge in [-0.25, -0.2) is 0 Å². The SMILES string of the molecule is CC/C=C/CCCCCCCCC1NC=CN1CCN. The lowest BCUT2D eigenvalue weighted by atomic mass is 10.1. The first-order valence-electron chi connectivity index (χ1n) is 8.42. The van der Waals surface area contributed by atoms with E-state index in [1.165, 1.54) is 57.8 Å². The molecule has 1 aliphatic rings. The maximum atomic E-state index is 5.62. The molecule has 0 radical (unpaired) electrons. The summed E-state index contributed by atoms with van der Waals surface area (Å²) in [6.45, 7) is 3.88. The van der Waals surface area contributed by atoms with Crippen LogP contribution >= 0.6 is 0 Å². The number of hydrogen-bond donors (Lipinski definition) is 2. The van der Waals surface area contributed by atoms with Crippen molar-refractivity contribution in [3.63, 3.8) is 0 Å². The standard InChI is InChI=1S/C17H33N3/c1-2-3-4-5-6-7-8-9-10-11-12-17-19-14-16-20(17)15-13-18/h3-4,14,16-17,19H,2,5-13,15,18H2,1H3/b4-3+. The van der Waals surface area contributed by atoms with Gasteiger partial charge < -0.3 is 16.0 Å². The minimum absolute atomic E-state index is 0.484. The molecule has 0 bridgehead atoms. The number of nitrogens with two attached hydrogens (primary N) is 1. The van der Waals surface area contributed by atoms with E-state index >= 15 is 0 Å². The Morgan fingerprint density at radius 1 is 1.10 bits per heavy atom. The molecule has 1 rings (SSSR count). The Labute approximate surface area is 125 Å². The van der Waals surface area contributed by atoms with Gasteiger partial charge in [-0.15, -0.1) is 0 Å². The number of nitrogens with one attached hydrogen (secondary N) is 1. The Morgan fingerprint density at radius 2 is 1.85 bits per heavy atom. The van der Waals surface area contributed by atoms with Crippen LogP contribution in [-0.2, 0) is 0 Å². The van der Waals surface area contributed by atoms with Gasteiger partial charge in [-0.1, -0.05) is 44.8 Å². The number of allylic oxidation sites excluding steroid dienone is 2. The second kappa shape index (κ2) is 11.8. The van der Waals surface area contributed by atoms with Gasteiger partial charge in [0.05, 0.1) is 6.17 Å². The van der Waals surface area contributed by atoms with Crippen LogP contribution in [0.15, 0.2) is 24.6 Å². The maximum absolute atomic E-state index is 5.62. The Hall–Kier alpha value is -0.960. The van der Waals surface area contributed by atoms with Gasteiger partial charge in [0.15, 0.2) is 0 Å². The maximum Gasteiger partial charge on any atom is 0.0981 e. The van der Waals surface area contributed by atoms with E-state index in [9.17, 15) is 0 Å². The molecule has 0 amide bonds. The zero-order valence-corrected chi connectivity index (χ0v) is 13.2. The highest BCUT2D eigenvalue weighted by atomic mass is 15.3. The third kappa shape index (κ3) is 7.59. The van der Waals surface area contributed by atoms with E-state index < -0.39 is 0 Å². The fourth-order valence-electron chi connectivity index (χ4n) is 2.67. The molecule has 0 aromatic heterocycles. The first kappa shape index (κ1) is 17.1. The number of hydrogen-bond acceptors (Lipinski definition) is 3. The molecular weight excluding hydrogens is 246 g/mol. The first-order valence-corrected chi connectivity index (χ1v) is 8.42. The highest BCUT2D eigenvalue weighted by Crippen LogP contribution is 2.14. The molecule has 0 saturated heterocycles. The van der Waals surface area contributed by atoms with Gasteiger partial charge in [-0.3, -0.25) is 0 Å². The van der Waals surface area contributed by atoms with E-state index in [2.05, 4.69) is 35.5 Å². The zero-order chi connectivity index (χ0) is 14.5. The van der Waals surface area contributed by atoms with Gasteiger partial charge in [0, 0.05) is 25.5 Å². The molecule has 3 N–H and O–H groups in total. The van der Waals surface area contributed by atoms with Gasteiger partial charge in [-0.2, -0.15) is 0 Å². The van der Waals surface area contributed by atoms with E-state index in [4.69, 9.17) is 5.73 Å². The molecule has 0 aliphatic carbocycles. The topological polar surface area (TPSA) is 41.3 Å². The van der Waals surface area contributed by atoms with E-state index in [0.717, 1.165) is 13.1 Å². The van der Waals surface area contributed by atoms with Crippen molar-refractivity contribution in [2.45, 2.75) is 70.9 Å². The van der Waals surface area contributed by atoms with Crippen molar-refractivity contribution in [3.8, 4) is 0 Å². The van der Waals surface area contributed by atoms with Crippen LogP contribution < -0.4 is 11.1 Å². The van der Waals surface area contributed by atoms with Crippen molar-refractivity contribution in [2.75, 3.05) is 13.1 Å². The lowest BCUT2D eigenvalue weighted by Gasteiger charge is -2.25. The molecule has 3 nitrogen and oxygen atoms in total. The summed E-state index contributed by atoms with van der Waals surface area (Å²) in [5, 5.41) is 3.40. The highest BCUT2D eigenvalue weighted by Gasteiger charge is 2.16. The molecule has 0 aromatic rings. The fourth-order valence-corrected chi connectivity index (χ4v) is 2.67. The molecule has 1 aliphatic heterocycles. The molecule has 1 heterocycles. The van der Waals surface area contributed by atoms with Crippen molar-refractivity contribution in [1.82, 2.24) is 10.2 Å². The van der Waals surface area contributed by atoms with E-state index in [1.54, 1.807) is 0 Å². The molecule has 0 fully saturated rings. The Morgan fingerprint density at radius 3 is 2.60 bits per heavy atom. The summed E-state index contributed by atoms with van der Waals surface area (Å²) < 4.78 is 0. The molecule has 0 aromatic carbocycles. The summed E-state index contributed by atoms with van der Waals surface area (Å²) in [5.74, 6) is 0. The highest BCUT2D eigenvalue weighted by molar-refractivity contribution is 4.94. The Balaban J connectivity index is 1.88. The molecule has 0 spiro atoms. The largest absolute Gasteiger partial charge is 0.370 e. The van der Waals surface area contributed by atoms with Crippen LogP contribution in [0.3, 0.4) is 0 Å². The monoisotopic (exact) mass is 279 g/mol. The van der Waals surface area contributed by atoms with Gasteiger partial charge >= 0.3 is 0 Å². The van der Waals surface area contributed by atoms with E-state index in [-0.39, 0.29) is 0 Å². The summed E-state index contributed by atoms with van der Waals surface area (Å²) in [4.78, 5) is 2.32. The van der Waals surface area contributed by atoms with Crippen LogP contribution in [0.25, 0.3) is 0 Å². The van der Waals surface area contributed by atoms with Crippen LogP contribution in [0.1, 0.15) is 64.7 Å². The third-order valence-electron chi connectivity index (χ3n) is 3.84. The van der Waals surface area contributed by atoms with Gasteiger partial charge in [0.2, 0.25) is 0 Å². The summed E-state index contributed by atoms with van der Waals surface area (Å²) in [7, 11) is 0. The normalized spacial score (nSPS) is 18.1. The average Bonchev–Trinajstić information content (AvgIpc) is 2.89. The summed E-state index contributed by atoms with van der Waals surface area (Å²) in [6, 6.07) is 0. The van der Waals surface area contributed by atoms with Crippen molar-refractivity contribution >= 4 is 0 Å². The summed E-state index contributed by atoms with van der Waals surface area (Å²) >= 11 is 0. The zero-order valence-electron chi connectivity index (χ0n) is 13.2. The fraction of sp³-hybridized carbons (Fsp3) is 0.765. The molecule has 20 heavy (non-hydrogen) atoms. The van der Waals surface area contributed by atoms with Gasteiger partial charge in [0.25, 0.3) is 0 Å². The van der Waals surface area contributed by atoms with Crippen molar-refractivity contribution in [3.05, 3.63) is 24.6 Å². The van der Waals surface area contributed by atoms with E-state index in [1.807, 2.05) is 6.20 Å². The van der Waals surface area contributed by atoms with Crippen LogP contribution in [0.2, 0.25) is 0 Å². The Bertz CT molecular complexity index is 273. The smallest absolute Gasteiger partial charge is 0.0981 e. The van der Waals surface area contributed by atoms with Gasteiger partial charge in [0.1, 0.15) is 0 Å². The predicted molar refractivity (Wildman–Crippen MR) is 88.2 cm³/mol. The quantitative estimate of drug-likeness (QED) is 0.422. The second-order valence-corrected chi connectivity index (χ2v) is 5.60. The van der Waals surface area contributed by atoms with Crippen LogP contribution in [0.5, 0.6) is 0 Å². The minimum Gasteiger partial charge on any atom is -0.370 e. The Kier molecular flexibility index (Phi) is 10.1. The van der Waals surface area contributed by atoms with Gasteiger partial charge in [-0.05, 0) is 32.1 Å². The molecule has 1 unspecified atom stereocenters. The minimum atomic E-state index is 0.484. The van der Waals surface area contributed by atoms with Crippen LogP contribution in [-0.4, -0.2) is 24.2 Å². The lowest BCUT2D eigenvalue weighted by molar-refractivity contribution is 0.264. The average molecular weight is 279 g/mol. The van der Waals surface area contributed by atoms with Crippen LogP contribution in [0.4, 0.5) is 0 Å². The summed E-state index contributed by atoms with van der Waals surface area (Å²) in [6.07, 6.45) is 21.1. The summed E-state index contributed by atoms with van der Waals surface area (Å²) in [5.41, 5.74) is 5.62. The lowest BCUT2D eigenvalue weighted by Crippen LogP contribution is -2.37. The molecular formula is C17H33N3. The number of unbranched alkanes of at least 4 members (excludes halogenated alkanes) is 6. The first-order chi connectivity index (χ1) is 9.88. The van der Waals surface area contributed by atoms with E-state index in [0.29, 0.717) is 6.17 Å².